The molecule has 1 aromatic heterocycles. The molecule has 0 saturated heterocycles. The van der Waals surface area contributed by atoms with E-state index >= 15 is 0 Å². The molecule has 2 amide bonds. The summed E-state index contributed by atoms with van der Waals surface area (Å²) in [7, 11) is 11.1. The van der Waals surface area contributed by atoms with Crippen LogP contribution in [0.15, 0.2) is 115 Å². The van der Waals surface area contributed by atoms with Crippen LogP contribution in [0.1, 0.15) is 22.3 Å². The van der Waals surface area contributed by atoms with E-state index in [-0.39, 0.29) is 24.8 Å². The lowest BCUT2D eigenvalue weighted by atomic mass is 10.1. The van der Waals surface area contributed by atoms with Gasteiger partial charge in [0.15, 0.2) is 0 Å². The molecule has 0 unspecified atom stereocenters. The van der Waals surface area contributed by atoms with Crippen LogP contribution in [-0.4, -0.2) is 69.4 Å². The Labute approximate surface area is 305 Å². The first-order valence-corrected chi connectivity index (χ1v) is 16.8. The Morgan fingerprint density at radius 2 is 0.788 bits per heavy atom. The quantitative estimate of drug-likeness (QED) is 0.116. The summed E-state index contributed by atoms with van der Waals surface area (Å²) in [5.74, 6) is 1.44. The zero-order chi connectivity index (χ0) is 37.0. The average Bonchev–Trinajstić information content (AvgIpc) is 3.15. The molecule has 0 radical (unpaired) electrons. The zero-order valence-corrected chi connectivity index (χ0v) is 30.5. The minimum atomic E-state index is -0.606. The van der Waals surface area contributed by atoms with Gasteiger partial charge >= 0.3 is 12.2 Å². The standard InChI is InChI=1S/C41H45N5O6/c1-43(2)34-18-10-30(11-19-34)26-45(28-32-14-22-36(49-5)23-15-32)40(47)51-38-8-7-9-39(42-38)52-41(48)46(29-33-16-24-37(50-6)25-17-33)27-31-12-20-35(21-13-31)44(3)4/h7-25H,26-29H2,1-6H3. The first-order chi connectivity index (χ1) is 25.1. The molecule has 0 spiro atoms. The van der Waals surface area contributed by atoms with Crippen LogP contribution in [0.2, 0.25) is 0 Å². The Hall–Kier alpha value is -6.23. The van der Waals surface area contributed by atoms with E-state index in [0.29, 0.717) is 13.1 Å². The van der Waals surface area contributed by atoms with Crippen LogP contribution in [0.4, 0.5) is 21.0 Å². The summed E-state index contributed by atoms with van der Waals surface area (Å²) in [5, 5.41) is 0. The number of hydrogen-bond acceptors (Lipinski definition) is 9. The number of methoxy groups -OCH3 is 2. The maximum absolute atomic E-state index is 13.7. The van der Waals surface area contributed by atoms with Crippen molar-refractivity contribution in [2.45, 2.75) is 26.2 Å². The molecule has 0 atom stereocenters. The Bertz CT molecular complexity index is 1760. The normalized spacial score (nSPS) is 10.6. The molecule has 52 heavy (non-hydrogen) atoms. The highest BCUT2D eigenvalue weighted by atomic mass is 16.6. The third kappa shape index (κ3) is 10.4. The molecule has 4 aromatic carbocycles. The number of anilines is 2. The van der Waals surface area contributed by atoms with E-state index in [4.69, 9.17) is 18.9 Å². The van der Waals surface area contributed by atoms with Gasteiger partial charge in [0.05, 0.1) is 14.2 Å². The Morgan fingerprint density at radius 3 is 1.08 bits per heavy atom. The van der Waals surface area contributed by atoms with Crippen molar-refractivity contribution in [3.05, 3.63) is 138 Å². The van der Waals surface area contributed by atoms with Gasteiger partial charge in [0, 0.05) is 77.9 Å². The highest BCUT2D eigenvalue weighted by Gasteiger charge is 2.21. The fraction of sp³-hybridized carbons (Fsp3) is 0.244. The minimum Gasteiger partial charge on any atom is -0.497 e. The van der Waals surface area contributed by atoms with E-state index in [0.717, 1.165) is 45.1 Å². The molecule has 1 heterocycles. The van der Waals surface area contributed by atoms with Crippen molar-refractivity contribution in [1.82, 2.24) is 14.8 Å². The molecular formula is C41H45N5O6. The molecule has 0 fully saturated rings. The second-order valence-electron chi connectivity index (χ2n) is 12.6. The molecule has 0 aliphatic heterocycles. The van der Waals surface area contributed by atoms with Crippen LogP contribution >= 0.6 is 0 Å². The predicted molar refractivity (Wildman–Crippen MR) is 202 cm³/mol. The molecule has 0 aliphatic rings. The number of hydrogen-bond donors (Lipinski definition) is 0. The lowest BCUT2D eigenvalue weighted by molar-refractivity contribution is 0.141. The maximum atomic E-state index is 13.7. The zero-order valence-electron chi connectivity index (χ0n) is 30.5. The Balaban J connectivity index is 1.32. The molecule has 11 heteroatoms. The summed E-state index contributed by atoms with van der Waals surface area (Å²) < 4.78 is 22.1. The molecule has 0 aliphatic carbocycles. The second kappa shape index (κ2) is 17.6. The second-order valence-corrected chi connectivity index (χ2v) is 12.6. The molecule has 0 saturated carbocycles. The molecule has 11 nitrogen and oxygen atoms in total. The van der Waals surface area contributed by atoms with Gasteiger partial charge in [-0.1, -0.05) is 54.6 Å². The van der Waals surface area contributed by atoms with E-state index in [2.05, 4.69) is 4.98 Å². The summed E-state index contributed by atoms with van der Waals surface area (Å²) in [6.07, 6.45) is -1.21. The number of carbonyl (C=O) groups is 2. The van der Waals surface area contributed by atoms with Crippen molar-refractivity contribution in [1.29, 1.82) is 0 Å². The SMILES string of the molecule is COc1ccc(CN(Cc2ccc(N(C)C)cc2)C(=O)Oc2cccc(OC(=O)N(Cc3ccc(OC)cc3)Cc3ccc(N(C)C)cc3)n2)cc1. The smallest absolute Gasteiger partial charge is 0.417 e. The molecule has 0 bridgehead atoms. The van der Waals surface area contributed by atoms with Gasteiger partial charge in [0.1, 0.15) is 11.5 Å². The van der Waals surface area contributed by atoms with Gasteiger partial charge in [-0.05, 0) is 70.8 Å². The van der Waals surface area contributed by atoms with Gasteiger partial charge in [-0.3, -0.25) is 9.80 Å². The van der Waals surface area contributed by atoms with Crippen LogP contribution in [0.5, 0.6) is 23.3 Å². The topological polar surface area (TPSA) is 96.9 Å². The predicted octanol–water partition coefficient (Wildman–Crippen LogP) is 7.63. The molecule has 0 N–H and O–H groups in total. The van der Waals surface area contributed by atoms with Gasteiger partial charge in [0.25, 0.3) is 0 Å². The fourth-order valence-electron chi connectivity index (χ4n) is 5.33. The first-order valence-electron chi connectivity index (χ1n) is 16.8. The molecule has 270 valence electrons. The minimum absolute atomic E-state index is 0.000958. The van der Waals surface area contributed by atoms with Crippen LogP contribution in [0, 0.1) is 0 Å². The summed E-state index contributed by atoms with van der Waals surface area (Å²) in [4.78, 5) is 38.9. The molecule has 5 rings (SSSR count). The van der Waals surface area contributed by atoms with Crippen molar-refractivity contribution in [2.24, 2.45) is 0 Å². The van der Waals surface area contributed by atoms with Crippen LogP contribution in [-0.2, 0) is 26.2 Å². The van der Waals surface area contributed by atoms with Crippen molar-refractivity contribution in [3.8, 4) is 23.3 Å². The number of nitrogens with zero attached hydrogens (tertiary/aromatic N) is 5. The van der Waals surface area contributed by atoms with Gasteiger partial charge in [-0.25, -0.2) is 9.59 Å². The van der Waals surface area contributed by atoms with Crippen LogP contribution in [0.3, 0.4) is 0 Å². The van der Waals surface area contributed by atoms with Gasteiger partial charge < -0.3 is 28.7 Å². The number of benzene rings is 4. The van der Waals surface area contributed by atoms with Gasteiger partial charge in [-0.2, -0.15) is 4.98 Å². The Morgan fingerprint density at radius 1 is 0.481 bits per heavy atom. The summed E-state index contributed by atoms with van der Waals surface area (Å²) in [6.45, 7) is 1.15. The number of rotatable bonds is 14. The van der Waals surface area contributed by atoms with E-state index in [1.165, 1.54) is 0 Å². The van der Waals surface area contributed by atoms with E-state index < -0.39 is 12.2 Å². The lowest BCUT2D eigenvalue weighted by Gasteiger charge is -2.23. The molecule has 5 aromatic rings. The fourth-order valence-corrected chi connectivity index (χ4v) is 5.33. The third-order valence-electron chi connectivity index (χ3n) is 8.32. The van der Waals surface area contributed by atoms with E-state index in [1.54, 1.807) is 42.2 Å². The Kier molecular flexibility index (Phi) is 12.5. The van der Waals surface area contributed by atoms with Crippen molar-refractivity contribution in [3.63, 3.8) is 0 Å². The monoisotopic (exact) mass is 703 g/mol. The highest BCUT2D eigenvalue weighted by Crippen LogP contribution is 2.22. The number of pyridine rings is 1. The van der Waals surface area contributed by atoms with Crippen LogP contribution in [0.25, 0.3) is 0 Å². The number of ether oxygens (including phenoxy) is 4. The average molecular weight is 704 g/mol. The summed E-state index contributed by atoms with van der Waals surface area (Å²) in [6, 6.07) is 35.7. The summed E-state index contributed by atoms with van der Waals surface area (Å²) in [5.41, 5.74) is 5.75. The van der Waals surface area contributed by atoms with E-state index in [1.807, 2.05) is 135 Å². The van der Waals surface area contributed by atoms with Crippen molar-refractivity contribution >= 4 is 23.6 Å². The number of amides is 2. The van der Waals surface area contributed by atoms with Gasteiger partial charge in [-0.15, -0.1) is 0 Å². The molecular weight excluding hydrogens is 658 g/mol. The first kappa shape index (κ1) is 37.0. The van der Waals surface area contributed by atoms with Crippen LogP contribution < -0.4 is 28.7 Å². The van der Waals surface area contributed by atoms with Gasteiger partial charge in [0.2, 0.25) is 11.8 Å². The summed E-state index contributed by atoms with van der Waals surface area (Å²) >= 11 is 0. The highest BCUT2D eigenvalue weighted by molar-refractivity contribution is 5.71. The number of carbonyl (C=O) groups excluding carboxylic acids is 2. The van der Waals surface area contributed by atoms with E-state index in [9.17, 15) is 9.59 Å². The van der Waals surface area contributed by atoms with Crippen molar-refractivity contribution in [2.75, 3.05) is 52.2 Å². The maximum Gasteiger partial charge on any atom is 0.417 e. The number of aromatic nitrogens is 1. The lowest BCUT2D eigenvalue weighted by Crippen LogP contribution is -2.33. The van der Waals surface area contributed by atoms with Crippen molar-refractivity contribution < 1.29 is 28.5 Å². The largest absolute Gasteiger partial charge is 0.497 e. The third-order valence-corrected chi connectivity index (χ3v) is 8.32.